The molecule has 74 valence electrons. The quantitative estimate of drug-likeness (QED) is 0.684. The maximum atomic E-state index is 12.0. The zero-order valence-electron chi connectivity index (χ0n) is 8.09. The van der Waals surface area contributed by atoms with Crippen molar-refractivity contribution < 1.29 is 4.79 Å². The van der Waals surface area contributed by atoms with Gasteiger partial charge in [0.1, 0.15) is 0 Å². The summed E-state index contributed by atoms with van der Waals surface area (Å²) in [6, 6.07) is 0. The molecule has 2 rings (SSSR count). The maximum absolute atomic E-state index is 12.0. The Morgan fingerprint density at radius 3 is 2.31 bits per heavy atom. The lowest BCUT2D eigenvalue weighted by Crippen LogP contribution is -2.43. The predicted octanol–water partition coefficient (Wildman–Crippen LogP) is 0.738. The van der Waals surface area contributed by atoms with Crippen molar-refractivity contribution in [2.45, 2.75) is 32.1 Å². The summed E-state index contributed by atoms with van der Waals surface area (Å²) in [5.41, 5.74) is 5.50. The fraction of sp³-hybridized carbons (Fsp3) is 0.900. The lowest BCUT2D eigenvalue weighted by Gasteiger charge is -2.30. The summed E-state index contributed by atoms with van der Waals surface area (Å²) in [5, 5.41) is 0. The van der Waals surface area contributed by atoms with Crippen molar-refractivity contribution in [2.24, 2.45) is 11.1 Å². The van der Waals surface area contributed by atoms with Crippen LogP contribution in [0.3, 0.4) is 0 Å². The van der Waals surface area contributed by atoms with E-state index in [0.29, 0.717) is 12.5 Å². The highest BCUT2D eigenvalue weighted by Gasteiger charge is 2.50. The van der Waals surface area contributed by atoms with E-state index in [-0.39, 0.29) is 5.41 Å². The zero-order chi connectivity index (χ0) is 9.31. The molecule has 0 bridgehead atoms. The van der Waals surface area contributed by atoms with E-state index in [1.165, 1.54) is 19.3 Å². The Hall–Kier alpha value is -0.570. The van der Waals surface area contributed by atoms with Gasteiger partial charge in [-0.3, -0.25) is 4.79 Å². The molecule has 3 nitrogen and oxygen atoms in total. The number of nitrogens with two attached hydrogens (primary N) is 1. The van der Waals surface area contributed by atoms with Gasteiger partial charge in [-0.15, -0.1) is 0 Å². The molecule has 1 aliphatic carbocycles. The van der Waals surface area contributed by atoms with E-state index in [4.69, 9.17) is 5.73 Å². The standard InChI is InChI=1S/C10H18N2O/c11-8-10(4-5-10)9(13)12-6-2-1-3-7-12/h1-8,11H2. The van der Waals surface area contributed by atoms with Gasteiger partial charge in [0, 0.05) is 19.6 Å². The fourth-order valence-electron chi connectivity index (χ4n) is 2.09. The van der Waals surface area contributed by atoms with Crippen molar-refractivity contribution in [2.75, 3.05) is 19.6 Å². The van der Waals surface area contributed by atoms with Gasteiger partial charge in [-0.1, -0.05) is 0 Å². The van der Waals surface area contributed by atoms with Crippen LogP contribution in [0.15, 0.2) is 0 Å². The van der Waals surface area contributed by atoms with E-state index >= 15 is 0 Å². The van der Waals surface area contributed by atoms with Crippen LogP contribution in [0.4, 0.5) is 0 Å². The molecule has 2 fully saturated rings. The number of carbonyl (C=O) groups excluding carboxylic acids is 1. The third kappa shape index (κ3) is 1.57. The molecule has 1 heterocycles. The van der Waals surface area contributed by atoms with Crippen molar-refractivity contribution >= 4 is 5.91 Å². The molecule has 0 aromatic rings. The summed E-state index contributed by atoms with van der Waals surface area (Å²) >= 11 is 0. The van der Waals surface area contributed by atoms with Crippen molar-refractivity contribution in [3.63, 3.8) is 0 Å². The van der Waals surface area contributed by atoms with Crippen molar-refractivity contribution in [1.29, 1.82) is 0 Å². The highest BCUT2D eigenvalue weighted by atomic mass is 16.2. The van der Waals surface area contributed by atoms with Gasteiger partial charge in [-0.05, 0) is 32.1 Å². The average molecular weight is 182 g/mol. The molecule has 13 heavy (non-hydrogen) atoms. The average Bonchev–Trinajstić information content (AvgIpc) is 2.99. The Morgan fingerprint density at radius 1 is 1.23 bits per heavy atom. The van der Waals surface area contributed by atoms with Crippen LogP contribution in [0.2, 0.25) is 0 Å². The lowest BCUT2D eigenvalue weighted by molar-refractivity contribution is -0.137. The summed E-state index contributed by atoms with van der Waals surface area (Å²) in [4.78, 5) is 14.0. The van der Waals surface area contributed by atoms with Gasteiger partial charge in [-0.2, -0.15) is 0 Å². The molecule has 0 atom stereocenters. The first-order valence-electron chi connectivity index (χ1n) is 5.28. The minimum atomic E-state index is -0.128. The van der Waals surface area contributed by atoms with Crippen LogP contribution in [-0.4, -0.2) is 30.4 Å². The summed E-state index contributed by atoms with van der Waals surface area (Å²) in [6.45, 7) is 2.46. The molecule has 3 heteroatoms. The number of rotatable bonds is 2. The van der Waals surface area contributed by atoms with E-state index in [1.54, 1.807) is 0 Å². The Bertz CT molecular complexity index is 205. The number of amides is 1. The van der Waals surface area contributed by atoms with E-state index in [1.807, 2.05) is 4.90 Å². The number of piperidine rings is 1. The number of nitrogens with zero attached hydrogens (tertiary/aromatic N) is 1. The Kier molecular flexibility index (Phi) is 2.28. The highest BCUT2D eigenvalue weighted by Crippen LogP contribution is 2.46. The molecule has 2 aliphatic rings. The van der Waals surface area contributed by atoms with Crippen LogP contribution in [0.25, 0.3) is 0 Å². The lowest BCUT2D eigenvalue weighted by atomic mass is 10.0. The third-order valence-electron chi connectivity index (χ3n) is 3.34. The number of hydrogen-bond donors (Lipinski definition) is 1. The molecule has 1 amide bonds. The Balaban J connectivity index is 1.95. The minimum absolute atomic E-state index is 0.128. The largest absolute Gasteiger partial charge is 0.342 e. The van der Waals surface area contributed by atoms with Crippen LogP contribution in [0.1, 0.15) is 32.1 Å². The number of likely N-dealkylation sites (tertiary alicyclic amines) is 1. The molecule has 1 saturated heterocycles. The number of hydrogen-bond acceptors (Lipinski definition) is 2. The van der Waals surface area contributed by atoms with Crippen molar-refractivity contribution in [1.82, 2.24) is 4.90 Å². The first kappa shape index (κ1) is 9.00. The highest BCUT2D eigenvalue weighted by molar-refractivity contribution is 5.85. The van der Waals surface area contributed by atoms with Crippen molar-refractivity contribution in [3.8, 4) is 0 Å². The van der Waals surface area contributed by atoms with Crippen LogP contribution >= 0.6 is 0 Å². The van der Waals surface area contributed by atoms with Gasteiger partial charge in [0.2, 0.25) is 5.91 Å². The summed E-state index contributed by atoms with van der Waals surface area (Å²) in [7, 11) is 0. The van der Waals surface area contributed by atoms with E-state index in [9.17, 15) is 4.79 Å². The van der Waals surface area contributed by atoms with Crippen LogP contribution in [0.5, 0.6) is 0 Å². The second kappa shape index (κ2) is 3.29. The predicted molar refractivity (Wildman–Crippen MR) is 51.2 cm³/mol. The van der Waals surface area contributed by atoms with Gasteiger partial charge in [-0.25, -0.2) is 0 Å². The molecule has 0 radical (unpaired) electrons. The van der Waals surface area contributed by atoms with Crippen LogP contribution in [0, 0.1) is 5.41 Å². The molecule has 1 saturated carbocycles. The van der Waals surface area contributed by atoms with Gasteiger partial charge >= 0.3 is 0 Å². The third-order valence-corrected chi connectivity index (χ3v) is 3.34. The molecule has 0 aromatic heterocycles. The second-order valence-corrected chi connectivity index (χ2v) is 4.34. The van der Waals surface area contributed by atoms with E-state index < -0.39 is 0 Å². The van der Waals surface area contributed by atoms with Gasteiger partial charge in [0.15, 0.2) is 0 Å². The van der Waals surface area contributed by atoms with Crippen LogP contribution in [-0.2, 0) is 4.79 Å². The van der Waals surface area contributed by atoms with Gasteiger partial charge < -0.3 is 10.6 Å². The smallest absolute Gasteiger partial charge is 0.230 e. The minimum Gasteiger partial charge on any atom is -0.342 e. The second-order valence-electron chi connectivity index (χ2n) is 4.34. The maximum Gasteiger partial charge on any atom is 0.230 e. The molecule has 0 spiro atoms. The monoisotopic (exact) mass is 182 g/mol. The zero-order valence-corrected chi connectivity index (χ0v) is 8.09. The molecular formula is C10H18N2O. The topological polar surface area (TPSA) is 46.3 Å². The summed E-state index contributed by atoms with van der Waals surface area (Å²) in [6.07, 6.45) is 5.65. The summed E-state index contributed by atoms with van der Waals surface area (Å²) < 4.78 is 0. The number of carbonyl (C=O) groups is 1. The molecule has 0 unspecified atom stereocenters. The molecular weight excluding hydrogens is 164 g/mol. The summed E-state index contributed by atoms with van der Waals surface area (Å²) in [5.74, 6) is 0.328. The van der Waals surface area contributed by atoms with Gasteiger partial charge in [0.25, 0.3) is 0 Å². The van der Waals surface area contributed by atoms with Crippen molar-refractivity contribution in [3.05, 3.63) is 0 Å². The Labute approximate surface area is 79.3 Å². The van der Waals surface area contributed by atoms with E-state index in [2.05, 4.69) is 0 Å². The Morgan fingerprint density at radius 2 is 1.85 bits per heavy atom. The fourth-order valence-corrected chi connectivity index (χ4v) is 2.09. The normalized spacial score (nSPS) is 25.8. The molecule has 2 N–H and O–H groups in total. The van der Waals surface area contributed by atoms with Crippen LogP contribution < -0.4 is 5.73 Å². The van der Waals surface area contributed by atoms with E-state index in [0.717, 1.165) is 25.9 Å². The first-order chi connectivity index (χ1) is 6.28. The molecule has 1 aliphatic heterocycles. The first-order valence-corrected chi connectivity index (χ1v) is 5.28. The molecule has 0 aromatic carbocycles. The SMILES string of the molecule is NCC1(C(=O)N2CCCCC2)CC1. The van der Waals surface area contributed by atoms with Gasteiger partial charge in [0.05, 0.1) is 5.41 Å².